The van der Waals surface area contributed by atoms with Gasteiger partial charge in [-0.05, 0) is 36.5 Å². The lowest BCUT2D eigenvalue weighted by molar-refractivity contribution is -0.126. The van der Waals surface area contributed by atoms with E-state index in [9.17, 15) is 18.0 Å². The Morgan fingerprint density at radius 2 is 2.00 bits per heavy atom. The van der Waals surface area contributed by atoms with Crippen molar-refractivity contribution in [2.75, 3.05) is 14.2 Å². The summed E-state index contributed by atoms with van der Waals surface area (Å²) in [7, 11) is -1.75. The number of nitrogens with one attached hydrogen (secondary N) is 1. The van der Waals surface area contributed by atoms with E-state index in [1.54, 1.807) is 6.08 Å². The third-order valence-electron chi connectivity index (χ3n) is 4.90. The molecule has 0 aromatic heterocycles. The first-order chi connectivity index (χ1) is 12.1. The Labute approximate surface area is 153 Å². The highest BCUT2D eigenvalue weighted by molar-refractivity contribution is 7.90. The largest absolute Gasteiger partial charge is 0.495 e. The van der Waals surface area contributed by atoms with Crippen LogP contribution >= 0.6 is 0 Å². The molecule has 7 nitrogen and oxygen atoms in total. The van der Waals surface area contributed by atoms with Crippen molar-refractivity contribution >= 4 is 21.9 Å². The van der Waals surface area contributed by atoms with Crippen molar-refractivity contribution in [2.24, 2.45) is 17.3 Å². The number of hydrogen-bond acceptors (Lipinski definition) is 6. The molecule has 1 aliphatic rings. The van der Waals surface area contributed by atoms with Crippen LogP contribution in [0, 0.1) is 17.3 Å². The molecule has 1 N–H and O–H groups in total. The van der Waals surface area contributed by atoms with Crippen LogP contribution in [0.2, 0.25) is 0 Å². The summed E-state index contributed by atoms with van der Waals surface area (Å²) < 4.78 is 37.4. The van der Waals surface area contributed by atoms with Gasteiger partial charge in [-0.3, -0.25) is 4.79 Å². The van der Waals surface area contributed by atoms with Gasteiger partial charge in [0.15, 0.2) is 0 Å². The first kappa shape index (κ1) is 20.0. The van der Waals surface area contributed by atoms with Crippen LogP contribution in [0.5, 0.6) is 5.75 Å². The van der Waals surface area contributed by atoms with Crippen molar-refractivity contribution in [1.82, 2.24) is 4.72 Å². The van der Waals surface area contributed by atoms with Gasteiger partial charge in [0.2, 0.25) is 5.91 Å². The second kappa shape index (κ2) is 7.11. The van der Waals surface area contributed by atoms with E-state index in [1.807, 2.05) is 13.8 Å². The fourth-order valence-electron chi connectivity index (χ4n) is 3.19. The summed E-state index contributed by atoms with van der Waals surface area (Å²) in [5.41, 5.74) is -0.753. The second-order valence-corrected chi connectivity index (χ2v) is 8.18. The van der Waals surface area contributed by atoms with Crippen molar-refractivity contribution in [3.05, 3.63) is 36.4 Å². The number of benzene rings is 1. The molecular formula is C18H23NO6S. The van der Waals surface area contributed by atoms with Crippen molar-refractivity contribution in [3.63, 3.8) is 0 Å². The van der Waals surface area contributed by atoms with Gasteiger partial charge in [0, 0.05) is 0 Å². The molecule has 0 radical (unpaired) electrons. The first-order valence-electron chi connectivity index (χ1n) is 8.10. The van der Waals surface area contributed by atoms with E-state index in [0.29, 0.717) is 6.42 Å². The number of rotatable bonds is 7. The predicted molar refractivity (Wildman–Crippen MR) is 95.2 cm³/mol. The molecule has 1 aliphatic carbocycles. The minimum absolute atomic E-state index is 0.0209. The van der Waals surface area contributed by atoms with Gasteiger partial charge in [-0.2, -0.15) is 0 Å². The number of esters is 1. The highest BCUT2D eigenvalue weighted by Gasteiger charge is 2.60. The van der Waals surface area contributed by atoms with Gasteiger partial charge in [-0.15, -0.1) is 6.58 Å². The lowest BCUT2D eigenvalue weighted by Crippen LogP contribution is -2.40. The van der Waals surface area contributed by atoms with E-state index in [-0.39, 0.29) is 28.0 Å². The summed E-state index contributed by atoms with van der Waals surface area (Å²) in [5.74, 6) is -1.37. The van der Waals surface area contributed by atoms with Gasteiger partial charge in [0.1, 0.15) is 10.6 Å². The molecular weight excluding hydrogens is 358 g/mol. The molecule has 0 saturated heterocycles. The predicted octanol–water partition coefficient (Wildman–Crippen LogP) is 2.13. The molecule has 26 heavy (non-hydrogen) atoms. The number of carbonyl (C=O) groups excluding carboxylic acids is 2. The Morgan fingerprint density at radius 3 is 2.46 bits per heavy atom. The van der Waals surface area contributed by atoms with E-state index in [4.69, 9.17) is 4.74 Å². The first-order valence-corrected chi connectivity index (χ1v) is 9.58. The fourth-order valence-corrected chi connectivity index (χ4v) is 4.43. The molecule has 2 atom stereocenters. The van der Waals surface area contributed by atoms with Gasteiger partial charge in [0.25, 0.3) is 10.0 Å². The van der Waals surface area contributed by atoms with Crippen LogP contribution in [0.4, 0.5) is 0 Å². The summed E-state index contributed by atoms with van der Waals surface area (Å²) in [6.07, 6.45) is 2.22. The molecule has 0 unspecified atom stereocenters. The van der Waals surface area contributed by atoms with Crippen LogP contribution in [0.1, 0.15) is 30.6 Å². The standard InChI is InChI=1S/C18H23NO6S/c1-6-13-10-18(13,11(2)3)17(21)19-26(22,23)15-9-12(16(20)25-5)7-8-14(15)24-4/h6-9,11,13H,1,10H2,2-5H3,(H,19,21)/t13-,18-/m1/s1. The number of methoxy groups -OCH3 is 2. The molecule has 2 rings (SSSR count). The lowest BCUT2D eigenvalue weighted by atomic mass is 9.89. The van der Waals surface area contributed by atoms with Gasteiger partial charge < -0.3 is 9.47 Å². The van der Waals surface area contributed by atoms with E-state index in [0.717, 1.165) is 6.07 Å². The fraction of sp³-hybridized carbons (Fsp3) is 0.444. The molecule has 0 heterocycles. The smallest absolute Gasteiger partial charge is 0.337 e. The summed E-state index contributed by atoms with van der Waals surface area (Å²) in [6.45, 7) is 7.44. The van der Waals surface area contributed by atoms with Crippen LogP contribution in [-0.2, 0) is 19.6 Å². The maximum atomic E-state index is 12.8. The molecule has 142 valence electrons. The molecule has 1 fully saturated rings. The molecule has 1 aromatic carbocycles. The molecule has 1 amide bonds. The average Bonchev–Trinajstić information content (AvgIpc) is 3.36. The van der Waals surface area contributed by atoms with E-state index < -0.39 is 27.3 Å². The normalized spacial score (nSPS) is 21.8. The van der Waals surface area contributed by atoms with Gasteiger partial charge >= 0.3 is 5.97 Å². The van der Waals surface area contributed by atoms with Gasteiger partial charge in [-0.1, -0.05) is 19.9 Å². The van der Waals surface area contributed by atoms with Gasteiger partial charge in [0.05, 0.1) is 25.2 Å². The zero-order valence-corrected chi connectivity index (χ0v) is 16.1. The Hall–Kier alpha value is -2.35. The number of carbonyl (C=O) groups is 2. The lowest BCUT2D eigenvalue weighted by Gasteiger charge is -2.21. The molecule has 0 aliphatic heterocycles. The number of allylic oxidation sites excluding steroid dienone is 1. The molecule has 1 aromatic rings. The molecule has 8 heteroatoms. The molecule has 1 saturated carbocycles. The van der Waals surface area contributed by atoms with Crippen molar-refractivity contribution in [1.29, 1.82) is 0 Å². The zero-order chi connectivity index (χ0) is 19.7. The van der Waals surface area contributed by atoms with Crippen molar-refractivity contribution in [3.8, 4) is 5.75 Å². The average molecular weight is 381 g/mol. The third-order valence-corrected chi connectivity index (χ3v) is 6.25. The maximum absolute atomic E-state index is 12.8. The Morgan fingerprint density at radius 1 is 1.35 bits per heavy atom. The van der Waals surface area contributed by atoms with Crippen LogP contribution in [-0.4, -0.2) is 34.5 Å². The minimum atomic E-state index is -4.24. The van der Waals surface area contributed by atoms with E-state index in [2.05, 4.69) is 16.0 Å². The van der Waals surface area contributed by atoms with Crippen molar-refractivity contribution < 1.29 is 27.5 Å². The van der Waals surface area contributed by atoms with Crippen LogP contribution in [0.25, 0.3) is 0 Å². The quantitative estimate of drug-likeness (QED) is 0.574. The van der Waals surface area contributed by atoms with Crippen LogP contribution < -0.4 is 9.46 Å². The van der Waals surface area contributed by atoms with Crippen LogP contribution in [0.15, 0.2) is 35.7 Å². The molecule has 0 spiro atoms. The second-order valence-electron chi connectivity index (χ2n) is 6.53. The Balaban J connectivity index is 2.40. The summed E-state index contributed by atoms with van der Waals surface area (Å²) in [5, 5.41) is 0. The van der Waals surface area contributed by atoms with Crippen LogP contribution in [0.3, 0.4) is 0 Å². The molecule has 0 bridgehead atoms. The number of amides is 1. The van der Waals surface area contributed by atoms with Crippen molar-refractivity contribution in [2.45, 2.75) is 25.2 Å². The van der Waals surface area contributed by atoms with Gasteiger partial charge in [-0.25, -0.2) is 17.9 Å². The number of sulfonamides is 1. The SMILES string of the molecule is C=C[C@@H]1C[C@@]1(C(=O)NS(=O)(=O)c1cc(C(=O)OC)ccc1OC)C(C)C. The summed E-state index contributed by atoms with van der Waals surface area (Å²) in [6, 6.07) is 3.85. The van der Waals surface area contributed by atoms with E-state index >= 15 is 0 Å². The monoisotopic (exact) mass is 381 g/mol. The number of hydrogen-bond donors (Lipinski definition) is 1. The summed E-state index contributed by atoms with van der Waals surface area (Å²) >= 11 is 0. The highest BCUT2D eigenvalue weighted by atomic mass is 32.2. The summed E-state index contributed by atoms with van der Waals surface area (Å²) in [4.78, 5) is 24.1. The third kappa shape index (κ3) is 3.33. The maximum Gasteiger partial charge on any atom is 0.337 e. The highest BCUT2D eigenvalue weighted by Crippen LogP contribution is 2.58. The van der Waals surface area contributed by atoms with E-state index in [1.165, 1.54) is 26.4 Å². The Kier molecular flexibility index (Phi) is 5.46. The number of ether oxygens (including phenoxy) is 2. The minimum Gasteiger partial charge on any atom is -0.495 e. The zero-order valence-electron chi connectivity index (χ0n) is 15.2. The topological polar surface area (TPSA) is 98.8 Å². The Bertz CT molecular complexity index is 845.